The van der Waals surface area contributed by atoms with E-state index in [-0.39, 0.29) is 11.5 Å². The minimum absolute atomic E-state index is 0.169. The Bertz CT molecular complexity index is 276. The SMILES string of the molecule is N=C=O.N=C=O.Oc1ccc(O)cc1. The van der Waals surface area contributed by atoms with E-state index in [1.165, 1.54) is 24.3 Å². The zero-order valence-corrected chi connectivity index (χ0v) is 7.02. The molecule has 14 heavy (non-hydrogen) atoms. The first-order valence-electron chi connectivity index (χ1n) is 3.18. The van der Waals surface area contributed by atoms with Crippen molar-refractivity contribution in [1.82, 2.24) is 0 Å². The molecule has 0 bridgehead atoms. The first-order valence-corrected chi connectivity index (χ1v) is 3.18. The van der Waals surface area contributed by atoms with Crippen molar-refractivity contribution >= 4 is 12.2 Å². The maximum atomic E-state index is 8.65. The minimum Gasteiger partial charge on any atom is -0.508 e. The van der Waals surface area contributed by atoms with Gasteiger partial charge in [0.25, 0.3) is 0 Å². The van der Waals surface area contributed by atoms with Crippen LogP contribution in [0.1, 0.15) is 0 Å². The molecule has 1 aromatic rings. The molecule has 0 aliphatic carbocycles. The number of phenols is 2. The summed E-state index contributed by atoms with van der Waals surface area (Å²) in [5.41, 5.74) is 0. The Balaban J connectivity index is 0. The van der Waals surface area contributed by atoms with E-state index >= 15 is 0 Å². The molecule has 0 radical (unpaired) electrons. The molecule has 0 fully saturated rings. The van der Waals surface area contributed by atoms with E-state index in [0.717, 1.165) is 12.2 Å². The van der Waals surface area contributed by atoms with E-state index in [1.54, 1.807) is 0 Å². The van der Waals surface area contributed by atoms with Gasteiger partial charge in [0, 0.05) is 0 Å². The lowest BCUT2D eigenvalue weighted by Gasteiger charge is -1.88. The highest BCUT2D eigenvalue weighted by atomic mass is 16.3. The van der Waals surface area contributed by atoms with Crippen LogP contribution >= 0.6 is 0 Å². The van der Waals surface area contributed by atoms with E-state index in [0.29, 0.717) is 0 Å². The molecule has 0 atom stereocenters. The average Bonchev–Trinajstić information content (AvgIpc) is 2.13. The number of rotatable bonds is 0. The summed E-state index contributed by atoms with van der Waals surface area (Å²) in [7, 11) is 0. The standard InChI is InChI=1S/C6H6O2.2CHNO/c7-5-1-2-6(8)4-3-5;2*2-1-3/h1-4,7-8H;2*2H. The Morgan fingerprint density at radius 3 is 1.14 bits per heavy atom. The molecule has 6 nitrogen and oxygen atoms in total. The van der Waals surface area contributed by atoms with Crippen LogP contribution in [0.5, 0.6) is 11.5 Å². The third kappa shape index (κ3) is 12.3. The summed E-state index contributed by atoms with van der Waals surface area (Å²) in [6.45, 7) is 0. The van der Waals surface area contributed by atoms with Crippen molar-refractivity contribution in [2.75, 3.05) is 0 Å². The smallest absolute Gasteiger partial charge is 0.231 e. The summed E-state index contributed by atoms with van der Waals surface area (Å²) in [6, 6.07) is 5.70. The van der Waals surface area contributed by atoms with E-state index in [1.807, 2.05) is 0 Å². The van der Waals surface area contributed by atoms with Crippen LogP contribution in [-0.4, -0.2) is 22.4 Å². The van der Waals surface area contributed by atoms with Crippen LogP contribution < -0.4 is 0 Å². The molecule has 1 aromatic carbocycles. The number of benzene rings is 1. The van der Waals surface area contributed by atoms with E-state index in [9.17, 15) is 0 Å². The molecule has 0 unspecified atom stereocenters. The summed E-state index contributed by atoms with van der Waals surface area (Å²) in [5, 5.41) is 28.1. The van der Waals surface area contributed by atoms with Crippen molar-refractivity contribution in [3.05, 3.63) is 24.3 Å². The number of isocyanates is 2. The predicted octanol–water partition coefficient (Wildman–Crippen LogP) is 0.900. The lowest BCUT2D eigenvalue weighted by molar-refractivity contribution is 0.460. The van der Waals surface area contributed by atoms with E-state index in [4.69, 9.17) is 30.6 Å². The molecule has 6 heteroatoms. The summed E-state index contributed by atoms with van der Waals surface area (Å²) in [4.78, 5) is 16.7. The molecule has 0 amide bonds. The van der Waals surface area contributed by atoms with Gasteiger partial charge in [-0.25, -0.2) is 20.4 Å². The van der Waals surface area contributed by atoms with Crippen molar-refractivity contribution < 1.29 is 19.8 Å². The molecular formula is C8H8N2O4. The van der Waals surface area contributed by atoms with Crippen molar-refractivity contribution in [3.63, 3.8) is 0 Å². The van der Waals surface area contributed by atoms with Crippen LogP contribution in [0.4, 0.5) is 0 Å². The number of nitrogens with one attached hydrogen (secondary N) is 2. The number of aromatic hydroxyl groups is 2. The second kappa shape index (κ2) is 10.6. The van der Waals surface area contributed by atoms with Crippen LogP contribution in [0.3, 0.4) is 0 Å². The molecule has 4 N–H and O–H groups in total. The number of phenolic OH excluding ortho intramolecular Hbond substituents is 2. The van der Waals surface area contributed by atoms with E-state index < -0.39 is 0 Å². The second-order valence-corrected chi connectivity index (χ2v) is 1.72. The molecule has 0 saturated heterocycles. The fourth-order valence-electron chi connectivity index (χ4n) is 0.453. The molecule has 0 spiro atoms. The van der Waals surface area contributed by atoms with Crippen molar-refractivity contribution in [2.45, 2.75) is 0 Å². The van der Waals surface area contributed by atoms with Crippen LogP contribution in [0, 0.1) is 10.8 Å². The fourth-order valence-corrected chi connectivity index (χ4v) is 0.453. The van der Waals surface area contributed by atoms with Gasteiger partial charge in [0.05, 0.1) is 0 Å². The van der Waals surface area contributed by atoms with Crippen LogP contribution in [0.25, 0.3) is 0 Å². The lowest BCUT2D eigenvalue weighted by atomic mass is 10.3. The predicted molar refractivity (Wildman–Crippen MR) is 46.6 cm³/mol. The molecule has 0 aliphatic rings. The zero-order valence-electron chi connectivity index (χ0n) is 7.02. The van der Waals surface area contributed by atoms with Gasteiger partial charge in [0.1, 0.15) is 11.5 Å². The quantitative estimate of drug-likeness (QED) is 0.279. The third-order valence-corrected chi connectivity index (χ3v) is 0.850. The monoisotopic (exact) mass is 196 g/mol. The normalized spacial score (nSPS) is 6.29. The Morgan fingerprint density at radius 2 is 1.00 bits per heavy atom. The van der Waals surface area contributed by atoms with Crippen LogP contribution in [-0.2, 0) is 9.59 Å². The highest BCUT2D eigenvalue weighted by Gasteiger charge is 1.84. The average molecular weight is 196 g/mol. The van der Waals surface area contributed by atoms with Gasteiger partial charge in [0.15, 0.2) is 0 Å². The van der Waals surface area contributed by atoms with Crippen LogP contribution in [0.2, 0.25) is 0 Å². The number of hydrogen-bond donors (Lipinski definition) is 4. The Hall–Kier alpha value is -2.42. The Morgan fingerprint density at radius 1 is 0.857 bits per heavy atom. The summed E-state index contributed by atoms with van der Waals surface area (Å²) < 4.78 is 0. The van der Waals surface area contributed by atoms with Crippen molar-refractivity contribution in [3.8, 4) is 11.5 Å². The third-order valence-electron chi connectivity index (χ3n) is 0.850. The molecule has 0 aliphatic heterocycles. The molecule has 0 heterocycles. The van der Waals surface area contributed by atoms with Gasteiger partial charge in [-0.2, -0.15) is 0 Å². The van der Waals surface area contributed by atoms with Crippen LogP contribution in [0.15, 0.2) is 24.3 Å². The van der Waals surface area contributed by atoms with Gasteiger partial charge in [-0.15, -0.1) is 0 Å². The highest BCUT2D eigenvalue weighted by Crippen LogP contribution is 2.13. The minimum atomic E-state index is 0.169. The zero-order chi connectivity index (χ0) is 11.4. The van der Waals surface area contributed by atoms with Gasteiger partial charge in [0.2, 0.25) is 12.2 Å². The molecule has 0 saturated carbocycles. The van der Waals surface area contributed by atoms with Gasteiger partial charge < -0.3 is 10.2 Å². The topological polar surface area (TPSA) is 122 Å². The molecule has 1 rings (SSSR count). The number of hydrogen-bond acceptors (Lipinski definition) is 6. The summed E-state index contributed by atoms with van der Waals surface area (Å²) in [5.74, 6) is 0.339. The fraction of sp³-hybridized carbons (Fsp3) is 0. The van der Waals surface area contributed by atoms with Gasteiger partial charge in [-0.3, -0.25) is 0 Å². The van der Waals surface area contributed by atoms with Crippen molar-refractivity contribution in [2.24, 2.45) is 0 Å². The number of carbonyl (C=O) groups excluding carboxylic acids is 2. The van der Waals surface area contributed by atoms with Gasteiger partial charge in [-0.1, -0.05) is 0 Å². The largest absolute Gasteiger partial charge is 0.508 e. The Labute approximate surface area is 79.5 Å². The second-order valence-electron chi connectivity index (χ2n) is 1.72. The van der Waals surface area contributed by atoms with Gasteiger partial charge in [-0.05, 0) is 24.3 Å². The molecular weight excluding hydrogens is 188 g/mol. The first-order chi connectivity index (χ1) is 6.62. The van der Waals surface area contributed by atoms with E-state index in [2.05, 4.69) is 0 Å². The highest BCUT2D eigenvalue weighted by molar-refractivity contribution is 5.28. The first kappa shape index (κ1) is 14.1. The molecule has 0 aromatic heterocycles. The van der Waals surface area contributed by atoms with Crippen molar-refractivity contribution in [1.29, 1.82) is 10.8 Å². The molecule has 74 valence electrons. The Kier molecular flexibility index (Phi) is 10.7. The lowest BCUT2D eigenvalue weighted by Crippen LogP contribution is -1.61. The van der Waals surface area contributed by atoms with Gasteiger partial charge >= 0.3 is 0 Å². The maximum absolute atomic E-state index is 8.65. The maximum Gasteiger partial charge on any atom is 0.231 e. The summed E-state index contributed by atoms with van der Waals surface area (Å²) >= 11 is 0. The summed E-state index contributed by atoms with van der Waals surface area (Å²) in [6.07, 6.45) is 1.50.